The molecule has 3 aromatic rings. The molecule has 2 heterocycles. The lowest BCUT2D eigenvalue weighted by Crippen LogP contribution is -2.13. The summed E-state index contributed by atoms with van der Waals surface area (Å²) in [6.45, 7) is 3.85. The third kappa shape index (κ3) is 2.94. The van der Waals surface area contributed by atoms with Gasteiger partial charge in [-0.15, -0.1) is 5.10 Å². The van der Waals surface area contributed by atoms with Crippen molar-refractivity contribution in [3.8, 4) is 11.7 Å². The van der Waals surface area contributed by atoms with Crippen LogP contribution in [-0.4, -0.2) is 16.1 Å². The third-order valence-corrected chi connectivity index (χ3v) is 3.48. The van der Waals surface area contributed by atoms with E-state index in [0.29, 0.717) is 16.0 Å². The Morgan fingerprint density at radius 3 is 2.64 bits per heavy atom. The van der Waals surface area contributed by atoms with Crippen molar-refractivity contribution in [2.24, 2.45) is 0 Å². The number of amides is 1. The van der Waals surface area contributed by atoms with Gasteiger partial charge in [-0.25, -0.2) is 0 Å². The molecule has 0 saturated carbocycles. The van der Waals surface area contributed by atoms with E-state index in [1.54, 1.807) is 18.2 Å². The van der Waals surface area contributed by atoms with Crippen LogP contribution in [0.5, 0.6) is 0 Å². The van der Waals surface area contributed by atoms with Crippen molar-refractivity contribution in [2.75, 3.05) is 5.32 Å². The molecular formula is C15H12BrN3O3. The average molecular weight is 362 g/mol. The fourth-order valence-electron chi connectivity index (χ4n) is 2.04. The molecule has 1 aromatic carbocycles. The molecule has 1 amide bonds. The maximum absolute atomic E-state index is 12.2. The van der Waals surface area contributed by atoms with Gasteiger partial charge in [-0.1, -0.05) is 22.8 Å². The summed E-state index contributed by atoms with van der Waals surface area (Å²) < 4.78 is 11.2. The molecule has 7 heteroatoms. The Balaban J connectivity index is 1.79. The van der Waals surface area contributed by atoms with Gasteiger partial charge in [0.25, 0.3) is 11.8 Å². The first-order chi connectivity index (χ1) is 10.5. The molecule has 112 valence electrons. The van der Waals surface area contributed by atoms with Crippen LogP contribution in [-0.2, 0) is 0 Å². The largest absolute Gasteiger partial charge is 0.444 e. The molecule has 0 saturated heterocycles. The third-order valence-electron chi connectivity index (χ3n) is 3.06. The van der Waals surface area contributed by atoms with E-state index in [4.69, 9.17) is 8.83 Å². The van der Waals surface area contributed by atoms with Crippen LogP contribution >= 0.6 is 15.9 Å². The van der Waals surface area contributed by atoms with Crippen LogP contribution in [0.2, 0.25) is 0 Å². The van der Waals surface area contributed by atoms with E-state index in [0.717, 1.165) is 11.1 Å². The summed E-state index contributed by atoms with van der Waals surface area (Å²) >= 11 is 3.19. The van der Waals surface area contributed by atoms with Crippen molar-refractivity contribution in [3.05, 3.63) is 51.7 Å². The molecule has 0 fully saturated rings. The Kier molecular flexibility index (Phi) is 3.81. The summed E-state index contributed by atoms with van der Waals surface area (Å²) in [4.78, 5) is 12.2. The lowest BCUT2D eigenvalue weighted by Gasteiger charge is -2.05. The second-order valence-electron chi connectivity index (χ2n) is 4.79. The summed E-state index contributed by atoms with van der Waals surface area (Å²) in [6, 6.07) is 9.00. The van der Waals surface area contributed by atoms with Gasteiger partial charge in [0.1, 0.15) is 0 Å². The Bertz CT molecular complexity index is 838. The predicted molar refractivity (Wildman–Crippen MR) is 83.6 cm³/mol. The molecule has 0 unspecified atom stereocenters. The standard InChI is InChI=1S/C15H12BrN3O3/c1-8-3-4-10(9(2)7-8)13(20)17-15-19-18-14(22-15)11-5-6-12(16)21-11/h3-7H,1-2H3,(H,17,19,20). The molecule has 0 radical (unpaired) electrons. The fourth-order valence-corrected chi connectivity index (χ4v) is 2.34. The topological polar surface area (TPSA) is 81.2 Å². The second-order valence-corrected chi connectivity index (χ2v) is 5.57. The number of carbonyl (C=O) groups excluding carboxylic acids is 1. The van der Waals surface area contributed by atoms with Gasteiger partial charge in [0.2, 0.25) is 0 Å². The van der Waals surface area contributed by atoms with E-state index in [-0.39, 0.29) is 17.8 Å². The van der Waals surface area contributed by atoms with Crippen LogP contribution in [0.15, 0.2) is 43.8 Å². The predicted octanol–water partition coefficient (Wildman–Crippen LogP) is 3.96. The fraction of sp³-hybridized carbons (Fsp3) is 0.133. The molecule has 0 spiro atoms. The number of halogens is 1. The lowest BCUT2D eigenvalue weighted by atomic mass is 10.1. The van der Waals surface area contributed by atoms with Gasteiger partial charge in [-0.2, -0.15) is 0 Å². The van der Waals surface area contributed by atoms with Crippen molar-refractivity contribution < 1.29 is 13.6 Å². The number of aromatic nitrogens is 2. The van der Waals surface area contributed by atoms with Crippen molar-refractivity contribution >= 4 is 27.9 Å². The van der Waals surface area contributed by atoms with Crippen LogP contribution in [0.25, 0.3) is 11.7 Å². The minimum absolute atomic E-state index is 0.0208. The quantitative estimate of drug-likeness (QED) is 0.763. The zero-order chi connectivity index (χ0) is 15.7. The Hall–Kier alpha value is -2.41. The minimum Gasteiger partial charge on any atom is -0.444 e. The number of carbonyl (C=O) groups is 1. The maximum Gasteiger partial charge on any atom is 0.322 e. The van der Waals surface area contributed by atoms with Crippen LogP contribution < -0.4 is 5.32 Å². The highest BCUT2D eigenvalue weighted by molar-refractivity contribution is 9.10. The van der Waals surface area contributed by atoms with Gasteiger partial charge in [0.15, 0.2) is 10.4 Å². The van der Waals surface area contributed by atoms with Crippen molar-refractivity contribution in [1.29, 1.82) is 0 Å². The number of anilines is 1. The van der Waals surface area contributed by atoms with Gasteiger partial charge >= 0.3 is 6.01 Å². The van der Waals surface area contributed by atoms with Crippen LogP contribution in [0.1, 0.15) is 21.5 Å². The Morgan fingerprint density at radius 1 is 1.14 bits per heavy atom. The molecule has 0 aliphatic carbocycles. The number of hydrogen-bond donors (Lipinski definition) is 1. The normalized spacial score (nSPS) is 10.7. The van der Waals surface area contributed by atoms with Crippen LogP contribution in [0.4, 0.5) is 6.01 Å². The van der Waals surface area contributed by atoms with E-state index in [1.807, 2.05) is 26.0 Å². The number of hydrogen-bond acceptors (Lipinski definition) is 5. The van der Waals surface area contributed by atoms with E-state index in [2.05, 4.69) is 31.4 Å². The first-order valence-corrected chi connectivity index (χ1v) is 7.30. The van der Waals surface area contributed by atoms with E-state index in [1.165, 1.54) is 0 Å². The van der Waals surface area contributed by atoms with Gasteiger partial charge in [-0.05, 0) is 53.5 Å². The summed E-state index contributed by atoms with van der Waals surface area (Å²) in [5.74, 6) is 0.321. The van der Waals surface area contributed by atoms with Crippen molar-refractivity contribution in [1.82, 2.24) is 10.2 Å². The van der Waals surface area contributed by atoms with Gasteiger partial charge in [0.05, 0.1) is 0 Å². The maximum atomic E-state index is 12.2. The number of nitrogens with one attached hydrogen (secondary N) is 1. The first kappa shape index (κ1) is 14.5. The minimum atomic E-state index is -0.298. The molecular weight excluding hydrogens is 350 g/mol. The van der Waals surface area contributed by atoms with E-state index < -0.39 is 0 Å². The van der Waals surface area contributed by atoms with E-state index in [9.17, 15) is 4.79 Å². The first-order valence-electron chi connectivity index (χ1n) is 6.51. The van der Waals surface area contributed by atoms with Gasteiger partial charge in [-0.3, -0.25) is 10.1 Å². The number of rotatable bonds is 3. The highest BCUT2D eigenvalue weighted by Crippen LogP contribution is 2.25. The molecule has 0 aliphatic heterocycles. The smallest absolute Gasteiger partial charge is 0.322 e. The van der Waals surface area contributed by atoms with Crippen molar-refractivity contribution in [2.45, 2.75) is 13.8 Å². The molecule has 2 aromatic heterocycles. The molecule has 0 aliphatic rings. The summed E-state index contributed by atoms with van der Waals surface area (Å²) in [6.07, 6.45) is 0. The molecule has 0 bridgehead atoms. The zero-order valence-corrected chi connectivity index (χ0v) is 13.5. The highest BCUT2D eigenvalue weighted by atomic mass is 79.9. The number of benzene rings is 1. The number of furan rings is 1. The molecule has 0 atom stereocenters. The summed E-state index contributed by atoms with van der Waals surface area (Å²) in [5.41, 5.74) is 2.54. The zero-order valence-electron chi connectivity index (χ0n) is 11.9. The second kappa shape index (κ2) is 5.76. The lowest BCUT2D eigenvalue weighted by molar-refractivity contribution is 0.102. The van der Waals surface area contributed by atoms with Crippen LogP contribution in [0.3, 0.4) is 0 Å². The van der Waals surface area contributed by atoms with Crippen LogP contribution in [0, 0.1) is 13.8 Å². The number of nitrogens with zero attached hydrogens (tertiary/aromatic N) is 2. The highest BCUT2D eigenvalue weighted by Gasteiger charge is 2.16. The Morgan fingerprint density at radius 2 is 1.95 bits per heavy atom. The van der Waals surface area contributed by atoms with Gasteiger partial charge in [0, 0.05) is 5.56 Å². The van der Waals surface area contributed by atoms with Gasteiger partial charge < -0.3 is 8.83 Å². The average Bonchev–Trinajstić information content (AvgIpc) is 3.07. The summed E-state index contributed by atoms with van der Waals surface area (Å²) in [7, 11) is 0. The molecule has 6 nitrogen and oxygen atoms in total. The molecule has 3 rings (SSSR count). The SMILES string of the molecule is Cc1ccc(C(=O)Nc2nnc(-c3ccc(Br)o3)o2)c(C)c1. The summed E-state index contributed by atoms with van der Waals surface area (Å²) in [5, 5.41) is 10.2. The van der Waals surface area contributed by atoms with E-state index >= 15 is 0 Å². The Labute approximate surface area is 134 Å². The number of aryl methyl sites for hydroxylation is 2. The molecule has 22 heavy (non-hydrogen) atoms. The molecule has 1 N–H and O–H groups in total. The monoisotopic (exact) mass is 361 g/mol. The van der Waals surface area contributed by atoms with Crippen molar-refractivity contribution in [3.63, 3.8) is 0 Å².